The number of hydrogen-bond donors (Lipinski definition) is 0. The van der Waals surface area contributed by atoms with Crippen molar-refractivity contribution in [2.45, 2.75) is 6.92 Å². The lowest BCUT2D eigenvalue weighted by Crippen LogP contribution is -2.21. The molecule has 0 spiro atoms. The van der Waals surface area contributed by atoms with E-state index in [-0.39, 0.29) is 11.7 Å². The predicted molar refractivity (Wildman–Crippen MR) is 104 cm³/mol. The Balaban J connectivity index is 1.62. The van der Waals surface area contributed by atoms with Crippen LogP contribution < -0.4 is 5.01 Å². The van der Waals surface area contributed by atoms with Gasteiger partial charge in [0.2, 0.25) is 0 Å². The highest BCUT2D eigenvalue weighted by atomic mass is 35.5. The van der Waals surface area contributed by atoms with Crippen molar-refractivity contribution < 1.29 is 13.6 Å². The lowest BCUT2D eigenvalue weighted by molar-refractivity contribution is -0.114. The maximum absolute atomic E-state index is 13.1. The number of furan rings is 1. The van der Waals surface area contributed by atoms with E-state index < -0.39 is 0 Å². The summed E-state index contributed by atoms with van der Waals surface area (Å²) in [6, 6.07) is 16.5. The van der Waals surface area contributed by atoms with Crippen LogP contribution >= 0.6 is 11.6 Å². The van der Waals surface area contributed by atoms with E-state index in [1.54, 1.807) is 61.5 Å². The highest BCUT2D eigenvalue weighted by molar-refractivity contribution is 6.33. The van der Waals surface area contributed by atoms with Crippen LogP contribution in [0.5, 0.6) is 0 Å². The van der Waals surface area contributed by atoms with Gasteiger partial charge >= 0.3 is 0 Å². The average molecular weight is 381 g/mol. The third kappa shape index (κ3) is 3.41. The van der Waals surface area contributed by atoms with Crippen molar-refractivity contribution in [2.24, 2.45) is 5.10 Å². The number of carbonyl (C=O) groups excluding carboxylic acids is 1. The van der Waals surface area contributed by atoms with E-state index in [0.29, 0.717) is 33.5 Å². The van der Waals surface area contributed by atoms with Gasteiger partial charge in [-0.05, 0) is 67.6 Å². The maximum Gasteiger partial charge on any atom is 0.280 e. The molecule has 4 nitrogen and oxygen atoms in total. The summed E-state index contributed by atoms with van der Waals surface area (Å²) in [5.74, 6) is 0.542. The monoisotopic (exact) mass is 380 g/mol. The van der Waals surface area contributed by atoms with Crippen molar-refractivity contribution in [3.8, 4) is 11.3 Å². The van der Waals surface area contributed by atoms with Gasteiger partial charge in [0.1, 0.15) is 17.3 Å². The molecule has 0 radical (unpaired) electrons. The van der Waals surface area contributed by atoms with Gasteiger partial charge in [-0.3, -0.25) is 4.79 Å². The predicted octanol–water partition coefficient (Wildman–Crippen LogP) is 5.55. The van der Waals surface area contributed by atoms with Gasteiger partial charge < -0.3 is 4.42 Å². The van der Waals surface area contributed by atoms with Crippen molar-refractivity contribution >= 4 is 35.0 Å². The summed E-state index contributed by atoms with van der Waals surface area (Å²) in [5, 5.41) is 6.17. The van der Waals surface area contributed by atoms with Gasteiger partial charge in [-0.25, -0.2) is 4.39 Å². The van der Waals surface area contributed by atoms with Crippen molar-refractivity contribution in [3.63, 3.8) is 0 Å². The standard InChI is InChI=1S/C21H14ClFN2O2/c1-13-19(21(26)25(24-13)17-4-2-3-15(22)11-17)12-18-9-10-20(27-18)14-5-7-16(23)8-6-14/h2-12H,1H3. The molecule has 0 saturated carbocycles. The number of hydrogen-bond acceptors (Lipinski definition) is 3. The van der Waals surface area contributed by atoms with Crippen LogP contribution in [-0.4, -0.2) is 11.6 Å². The van der Waals surface area contributed by atoms with Gasteiger partial charge in [0.25, 0.3) is 5.91 Å². The molecule has 134 valence electrons. The Labute approximate surface area is 160 Å². The summed E-state index contributed by atoms with van der Waals surface area (Å²) in [6.45, 7) is 1.76. The van der Waals surface area contributed by atoms with Gasteiger partial charge in [0.05, 0.1) is 17.0 Å². The van der Waals surface area contributed by atoms with Crippen molar-refractivity contribution in [1.82, 2.24) is 0 Å². The number of carbonyl (C=O) groups is 1. The smallest absolute Gasteiger partial charge is 0.280 e. The van der Waals surface area contributed by atoms with Crippen LogP contribution in [0.1, 0.15) is 12.7 Å². The Morgan fingerprint density at radius 2 is 1.89 bits per heavy atom. The van der Waals surface area contributed by atoms with Gasteiger partial charge in [-0.1, -0.05) is 17.7 Å². The number of nitrogens with zero attached hydrogens (tertiary/aromatic N) is 2. The van der Waals surface area contributed by atoms with Crippen LogP contribution in [-0.2, 0) is 4.79 Å². The second-order valence-corrected chi connectivity index (χ2v) is 6.49. The van der Waals surface area contributed by atoms with Crippen LogP contribution in [0, 0.1) is 5.82 Å². The SMILES string of the molecule is CC1=NN(c2cccc(Cl)c2)C(=O)C1=Cc1ccc(-c2ccc(F)cc2)o1. The summed E-state index contributed by atoms with van der Waals surface area (Å²) < 4.78 is 18.8. The van der Waals surface area contributed by atoms with E-state index in [1.165, 1.54) is 17.1 Å². The number of rotatable bonds is 3. The molecule has 1 aliphatic heterocycles. The number of amides is 1. The molecule has 0 unspecified atom stereocenters. The van der Waals surface area contributed by atoms with Gasteiger partial charge in [0, 0.05) is 10.6 Å². The zero-order chi connectivity index (χ0) is 19.0. The number of benzene rings is 2. The van der Waals surface area contributed by atoms with Crippen molar-refractivity contribution in [1.29, 1.82) is 0 Å². The minimum Gasteiger partial charge on any atom is -0.457 e. The fraction of sp³-hybridized carbons (Fsp3) is 0.0476. The quantitative estimate of drug-likeness (QED) is 0.559. The molecule has 6 heteroatoms. The molecule has 1 aromatic heterocycles. The Kier molecular flexibility index (Phi) is 4.38. The second-order valence-electron chi connectivity index (χ2n) is 6.05. The molecule has 0 N–H and O–H groups in total. The molecular formula is C21H14ClFN2O2. The summed E-state index contributed by atoms with van der Waals surface area (Å²) in [5.41, 5.74) is 2.38. The fourth-order valence-corrected chi connectivity index (χ4v) is 2.99. The first kappa shape index (κ1) is 17.2. The van der Waals surface area contributed by atoms with Crippen LogP contribution in [0.4, 0.5) is 10.1 Å². The molecule has 0 bridgehead atoms. The zero-order valence-electron chi connectivity index (χ0n) is 14.3. The first-order chi connectivity index (χ1) is 13.0. The lowest BCUT2D eigenvalue weighted by Gasteiger charge is -2.11. The van der Waals surface area contributed by atoms with Crippen LogP contribution in [0.25, 0.3) is 17.4 Å². The highest BCUT2D eigenvalue weighted by Crippen LogP contribution is 2.28. The largest absolute Gasteiger partial charge is 0.457 e. The molecule has 1 amide bonds. The topological polar surface area (TPSA) is 45.8 Å². The number of halogens is 2. The van der Waals surface area contributed by atoms with Crippen LogP contribution in [0.15, 0.2) is 75.8 Å². The first-order valence-corrected chi connectivity index (χ1v) is 8.62. The van der Waals surface area contributed by atoms with Gasteiger partial charge in [-0.15, -0.1) is 0 Å². The summed E-state index contributed by atoms with van der Waals surface area (Å²) in [6.07, 6.45) is 1.65. The molecule has 2 heterocycles. The fourth-order valence-electron chi connectivity index (χ4n) is 2.81. The molecule has 0 aliphatic carbocycles. The summed E-state index contributed by atoms with van der Waals surface area (Å²) >= 11 is 6.00. The van der Waals surface area contributed by atoms with E-state index in [1.807, 2.05) is 0 Å². The number of anilines is 1. The molecule has 1 aliphatic rings. The van der Waals surface area contributed by atoms with E-state index >= 15 is 0 Å². The molecule has 3 aromatic rings. The third-order valence-electron chi connectivity index (χ3n) is 4.16. The zero-order valence-corrected chi connectivity index (χ0v) is 15.1. The number of hydrazone groups is 1. The van der Waals surface area contributed by atoms with Crippen LogP contribution in [0.2, 0.25) is 5.02 Å². The Hall–Kier alpha value is -3.18. The molecule has 2 aromatic carbocycles. The van der Waals surface area contributed by atoms with Gasteiger partial charge in [0.15, 0.2) is 0 Å². The first-order valence-electron chi connectivity index (χ1n) is 8.24. The Bertz CT molecular complexity index is 1080. The minimum absolute atomic E-state index is 0.255. The van der Waals surface area contributed by atoms with Crippen molar-refractivity contribution in [3.05, 3.63) is 82.8 Å². The van der Waals surface area contributed by atoms with E-state index in [9.17, 15) is 9.18 Å². The summed E-state index contributed by atoms with van der Waals surface area (Å²) in [7, 11) is 0. The van der Waals surface area contributed by atoms with E-state index in [0.717, 1.165) is 5.56 Å². The summed E-state index contributed by atoms with van der Waals surface area (Å²) in [4.78, 5) is 12.8. The van der Waals surface area contributed by atoms with Crippen LogP contribution in [0.3, 0.4) is 0 Å². The third-order valence-corrected chi connectivity index (χ3v) is 4.39. The van der Waals surface area contributed by atoms with E-state index in [4.69, 9.17) is 16.0 Å². The molecular weight excluding hydrogens is 367 g/mol. The molecule has 0 fully saturated rings. The Morgan fingerprint density at radius 3 is 2.63 bits per heavy atom. The van der Waals surface area contributed by atoms with E-state index in [2.05, 4.69) is 5.10 Å². The average Bonchev–Trinajstić information content (AvgIpc) is 3.23. The minimum atomic E-state index is -0.308. The second kappa shape index (κ2) is 6.85. The maximum atomic E-state index is 13.1. The molecule has 0 saturated heterocycles. The molecule has 27 heavy (non-hydrogen) atoms. The normalized spacial score (nSPS) is 15.5. The molecule has 4 rings (SSSR count). The lowest BCUT2D eigenvalue weighted by atomic mass is 10.1. The van der Waals surface area contributed by atoms with Gasteiger partial charge in [-0.2, -0.15) is 10.1 Å². The van der Waals surface area contributed by atoms with Crippen molar-refractivity contribution in [2.75, 3.05) is 5.01 Å². The highest BCUT2D eigenvalue weighted by Gasteiger charge is 2.29. The molecule has 0 atom stereocenters. The Morgan fingerprint density at radius 1 is 1.11 bits per heavy atom.